The molecular weight excluding hydrogens is 424 g/mol. The minimum atomic E-state index is -1.11. The van der Waals surface area contributed by atoms with Crippen LogP contribution in [0.1, 0.15) is 46.3 Å². The molecule has 0 aliphatic heterocycles. The molecule has 10 heteroatoms. The van der Waals surface area contributed by atoms with Gasteiger partial charge in [0.1, 0.15) is 11.3 Å². The van der Waals surface area contributed by atoms with Gasteiger partial charge in [-0.3, -0.25) is 14.5 Å². The first kappa shape index (κ1) is 20.9. The fourth-order valence-electron chi connectivity index (χ4n) is 4.26. The molecule has 0 fully saturated rings. The molecule has 0 saturated heterocycles. The van der Waals surface area contributed by atoms with Gasteiger partial charge in [-0.15, -0.1) is 0 Å². The number of aryl methyl sites for hydroxylation is 4. The van der Waals surface area contributed by atoms with Crippen molar-refractivity contribution in [1.29, 1.82) is 0 Å². The maximum Gasteiger partial charge on any atom is 0.338 e. The quantitative estimate of drug-likeness (QED) is 0.416. The second-order valence-corrected chi connectivity index (χ2v) is 8.27. The number of aromatic amines is 1. The molecule has 1 aliphatic carbocycles. The third kappa shape index (κ3) is 4.11. The fraction of sp³-hybridized carbons (Fsp3) is 0.348. The Morgan fingerprint density at radius 1 is 1.18 bits per heavy atom. The van der Waals surface area contributed by atoms with Crippen LogP contribution < -0.4 is 10.3 Å². The Morgan fingerprint density at radius 2 is 1.97 bits per heavy atom. The van der Waals surface area contributed by atoms with E-state index in [2.05, 4.69) is 39.2 Å². The van der Waals surface area contributed by atoms with E-state index in [9.17, 15) is 9.59 Å². The summed E-state index contributed by atoms with van der Waals surface area (Å²) in [7, 11) is 0. The monoisotopic (exact) mass is 448 g/mol. The summed E-state index contributed by atoms with van der Waals surface area (Å²) in [5, 5.41) is 17.3. The van der Waals surface area contributed by atoms with Crippen LogP contribution in [0.3, 0.4) is 0 Å². The van der Waals surface area contributed by atoms with E-state index in [0.29, 0.717) is 30.6 Å². The van der Waals surface area contributed by atoms with Gasteiger partial charge in [0, 0.05) is 19.2 Å². The van der Waals surface area contributed by atoms with Crippen molar-refractivity contribution in [3.05, 3.63) is 63.3 Å². The number of rotatable bonds is 7. The molecule has 0 radical (unpaired) electrons. The van der Waals surface area contributed by atoms with Gasteiger partial charge in [0.25, 0.3) is 5.56 Å². The van der Waals surface area contributed by atoms with Gasteiger partial charge in [-0.25, -0.2) is 14.5 Å². The minimum Gasteiger partial charge on any atom is -0.493 e. The predicted molar refractivity (Wildman–Crippen MR) is 120 cm³/mol. The zero-order valence-corrected chi connectivity index (χ0v) is 18.2. The number of aromatic nitrogens is 6. The van der Waals surface area contributed by atoms with Crippen LogP contribution in [0.25, 0.3) is 17.0 Å². The van der Waals surface area contributed by atoms with Crippen LogP contribution in [0.4, 0.5) is 0 Å². The number of nitrogens with one attached hydrogen (secondary N) is 1. The van der Waals surface area contributed by atoms with Gasteiger partial charge in [-0.1, -0.05) is 6.07 Å². The van der Waals surface area contributed by atoms with Crippen LogP contribution in [0.5, 0.6) is 5.75 Å². The molecule has 1 aliphatic rings. The van der Waals surface area contributed by atoms with Crippen molar-refractivity contribution < 1.29 is 14.6 Å². The molecule has 0 bridgehead atoms. The highest BCUT2D eigenvalue weighted by Crippen LogP contribution is 2.28. The molecule has 1 aromatic carbocycles. The number of benzene rings is 1. The van der Waals surface area contributed by atoms with Crippen molar-refractivity contribution in [3.8, 4) is 11.7 Å². The molecule has 10 nitrogen and oxygen atoms in total. The van der Waals surface area contributed by atoms with Crippen LogP contribution in [0, 0.1) is 6.92 Å². The maximum atomic E-state index is 12.7. The molecule has 3 heterocycles. The van der Waals surface area contributed by atoms with Gasteiger partial charge < -0.3 is 9.84 Å². The lowest BCUT2D eigenvalue weighted by Gasteiger charge is -2.19. The lowest BCUT2D eigenvalue weighted by Crippen LogP contribution is -2.17. The topological polar surface area (TPSA) is 128 Å². The molecule has 0 unspecified atom stereocenters. The Balaban J connectivity index is 1.27. The minimum absolute atomic E-state index is 0.00241. The lowest BCUT2D eigenvalue weighted by molar-refractivity contribution is 0.0697. The van der Waals surface area contributed by atoms with Crippen LogP contribution in [-0.2, 0) is 19.4 Å². The first-order valence-corrected chi connectivity index (χ1v) is 11.0. The summed E-state index contributed by atoms with van der Waals surface area (Å²) >= 11 is 0. The average Bonchev–Trinajstić information content (AvgIpc) is 3.45. The summed E-state index contributed by atoms with van der Waals surface area (Å²) < 4.78 is 8.87. The van der Waals surface area contributed by atoms with Crippen molar-refractivity contribution in [2.75, 3.05) is 6.61 Å². The largest absolute Gasteiger partial charge is 0.493 e. The third-order valence-electron chi connectivity index (χ3n) is 5.94. The highest BCUT2D eigenvalue weighted by molar-refractivity contribution is 5.87. The number of hydrogen-bond acceptors (Lipinski definition) is 6. The van der Waals surface area contributed by atoms with Crippen LogP contribution in [0.2, 0.25) is 0 Å². The van der Waals surface area contributed by atoms with Crippen molar-refractivity contribution in [3.63, 3.8) is 0 Å². The average molecular weight is 448 g/mol. The maximum absolute atomic E-state index is 12.7. The smallest absolute Gasteiger partial charge is 0.338 e. The lowest BCUT2D eigenvalue weighted by atomic mass is 9.90. The summed E-state index contributed by atoms with van der Waals surface area (Å²) in [6.07, 6.45) is 9.42. The number of carboxylic acid groups (broad SMARTS) is 1. The standard InChI is InChI=1S/C23H24N6O4/c1-14-9-15-5-2-3-6-16(15)10-19(14)33-8-4-7-28-20-18(12-25-28)26-23(27-21(20)30)29-13-17(11-24-29)22(31)32/h9-13H,2-8H2,1H3,(H,31,32)(H,26,27,30). The van der Waals surface area contributed by atoms with E-state index >= 15 is 0 Å². The van der Waals surface area contributed by atoms with E-state index in [0.717, 1.165) is 24.2 Å². The number of H-pyrrole nitrogens is 1. The Bertz CT molecular complexity index is 1400. The highest BCUT2D eigenvalue weighted by Gasteiger charge is 2.15. The number of hydrogen-bond donors (Lipinski definition) is 2. The fourth-order valence-corrected chi connectivity index (χ4v) is 4.26. The number of fused-ring (bicyclic) bond motifs is 2. The van der Waals surface area contributed by atoms with Gasteiger partial charge in [0.05, 0.1) is 24.6 Å². The molecule has 4 aromatic rings. The second-order valence-electron chi connectivity index (χ2n) is 8.27. The normalized spacial score (nSPS) is 13.2. The zero-order valence-electron chi connectivity index (χ0n) is 18.2. The SMILES string of the molecule is Cc1cc2c(cc1OCCCn1ncc3nc(-n4cc(C(=O)O)cn4)[nH]c(=O)c31)CCCC2. The first-order chi connectivity index (χ1) is 16.0. The summed E-state index contributed by atoms with van der Waals surface area (Å²) in [6.45, 7) is 3.09. The van der Waals surface area contributed by atoms with E-state index in [-0.39, 0.29) is 17.1 Å². The van der Waals surface area contributed by atoms with Gasteiger partial charge >= 0.3 is 5.97 Å². The molecule has 0 atom stereocenters. The van der Waals surface area contributed by atoms with Gasteiger partial charge in [0.15, 0.2) is 5.52 Å². The Labute approximate surface area is 188 Å². The highest BCUT2D eigenvalue weighted by atomic mass is 16.5. The Hall–Kier alpha value is -3.95. The summed E-state index contributed by atoms with van der Waals surface area (Å²) in [5.41, 5.74) is 4.38. The molecule has 170 valence electrons. The van der Waals surface area contributed by atoms with E-state index in [1.54, 1.807) is 4.68 Å². The van der Waals surface area contributed by atoms with E-state index < -0.39 is 5.97 Å². The van der Waals surface area contributed by atoms with Crippen LogP contribution in [-0.4, -0.2) is 47.2 Å². The molecule has 0 amide bonds. The molecule has 5 rings (SSSR count). The Morgan fingerprint density at radius 3 is 2.73 bits per heavy atom. The van der Waals surface area contributed by atoms with Gasteiger partial charge in [0.2, 0.25) is 5.95 Å². The van der Waals surface area contributed by atoms with Gasteiger partial charge in [-0.2, -0.15) is 10.2 Å². The van der Waals surface area contributed by atoms with Crippen molar-refractivity contribution in [2.45, 2.75) is 45.6 Å². The number of ether oxygens (including phenoxy) is 1. The predicted octanol–water partition coefficient (Wildman–Crippen LogP) is 2.66. The Kier molecular flexibility index (Phi) is 5.41. The van der Waals surface area contributed by atoms with Crippen molar-refractivity contribution >= 4 is 17.0 Å². The number of nitrogens with zero attached hydrogens (tertiary/aromatic N) is 5. The van der Waals surface area contributed by atoms with Crippen molar-refractivity contribution in [2.24, 2.45) is 0 Å². The summed E-state index contributed by atoms with van der Waals surface area (Å²) in [5.74, 6) is -0.0545. The number of aromatic carboxylic acids is 1. The molecule has 2 N–H and O–H groups in total. The molecular formula is C23H24N6O4. The molecule has 3 aromatic heterocycles. The summed E-state index contributed by atoms with van der Waals surface area (Å²) in [6, 6.07) is 4.42. The van der Waals surface area contributed by atoms with E-state index in [1.165, 1.54) is 47.2 Å². The van der Waals surface area contributed by atoms with E-state index in [1.807, 2.05) is 0 Å². The molecule has 33 heavy (non-hydrogen) atoms. The zero-order chi connectivity index (χ0) is 22.9. The third-order valence-corrected chi connectivity index (χ3v) is 5.94. The molecule has 0 saturated carbocycles. The number of carbonyl (C=O) groups is 1. The summed E-state index contributed by atoms with van der Waals surface area (Å²) in [4.78, 5) is 30.8. The van der Waals surface area contributed by atoms with E-state index in [4.69, 9.17) is 9.84 Å². The first-order valence-electron chi connectivity index (χ1n) is 11.0. The number of carboxylic acids is 1. The van der Waals surface area contributed by atoms with Gasteiger partial charge in [-0.05, 0) is 55.4 Å². The van der Waals surface area contributed by atoms with Crippen LogP contribution in [0.15, 0.2) is 35.5 Å². The molecule has 0 spiro atoms. The second kappa shape index (κ2) is 8.53. The van der Waals surface area contributed by atoms with Crippen LogP contribution >= 0.6 is 0 Å². The van der Waals surface area contributed by atoms with Crippen molar-refractivity contribution in [1.82, 2.24) is 29.5 Å².